The number of likely N-dealkylation sites (N-methyl/N-ethyl adjacent to an activating group) is 1. The highest BCUT2D eigenvalue weighted by atomic mass is 32.2. The monoisotopic (exact) mass is 482 g/mol. The van der Waals surface area contributed by atoms with Gasteiger partial charge in [-0.05, 0) is 32.0 Å². The van der Waals surface area contributed by atoms with Crippen LogP contribution >= 0.6 is 0 Å². The molecule has 0 aliphatic rings. The fourth-order valence-corrected chi connectivity index (χ4v) is 4.13. The van der Waals surface area contributed by atoms with E-state index in [0.717, 1.165) is 15.3 Å². The van der Waals surface area contributed by atoms with Gasteiger partial charge in [-0.1, -0.05) is 30.3 Å². The van der Waals surface area contributed by atoms with Crippen LogP contribution in [-0.2, 0) is 26.3 Å². The van der Waals surface area contributed by atoms with E-state index in [0.29, 0.717) is 10.8 Å². The van der Waals surface area contributed by atoms with Gasteiger partial charge >= 0.3 is 10.2 Å². The van der Waals surface area contributed by atoms with Gasteiger partial charge in [0.15, 0.2) is 0 Å². The second-order valence-electron chi connectivity index (χ2n) is 7.43. The average molecular weight is 483 g/mol. The van der Waals surface area contributed by atoms with Crippen molar-refractivity contribution in [2.24, 2.45) is 0 Å². The van der Waals surface area contributed by atoms with Crippen molar-refractivity contribution in [3.05, 3.63) is 65.7 Å². The lowest BCUT2D eigenvalue weighted by atomic mass is 10.1. The molecule has 0 aromatic heterocycles. The van der Waals surface area contributed by atoms with E-state index in [-0.39, 0.29) is 17.8 Å². The Balaban J connectivity index is 2.48. The van der Waals surface area contributed by atoms with Gasteiger partial charge in [-0.15, -0.1) is 0 Å². The van der Waals surface area contributed by atoms with Crippen molar-refractivity contribution < 1.29 is 26.8 Å². The Morgan fingerprint density at radius 3 is 2.12 bits per heavy atom. The molecule has 2 aromatic rings. The molecule has 180 valence electrons. The summed E-state index contributed by atoms with van der Waals surface area (Å²) in [6, 6.07) is 9.86. The summed E-state index contributed by atoms with van der Waals surface area (Å²) in [4.78, 5) is 26.9. The highest BCUT2D eigenvalue weighted by Gasteiger charge is 2.33. The van der Waals surface area contributed by atoms with Gasteiger partial charge in [0.05, 0.1) is 5.69 Å². The second-order valence-corrected chi connectivity index (χ2v) is 9.50. The Morgan fingerprint density at radius 2 is 1.58 bits per heavy atom. The Hall–Kier alpha value is -3.05. The summed E-state index contributed by atoms with van der Waals surface area (Å²) >= 11 is 0. The fourth-order valence-electron chi connectivity index (χ4n) is 3.07. The zero-order valence-corrected chi connectivity index (χ0v) is 19.8. The molecule has 33 heavy (non-hydrogen) atoms. The Morgan fingerprint density at radius 1 is 1.00 bits per heavy atom. The third-order valence-electron chi connectivity index (χ3n) is 4.96. The molecule has 11 heteroatoms. The fraction of sp³-hybridized carbons (Fsp3) is 0.364. The number of amides is 2. The number of carbonyl (C=O) groups excluding carboxylic acids is 2. The highest BCUT2D eigenvalue weighted by molar-refractivity contribution is 7.90. The number of halogens is 2. The lowest BCUT2D eigenvalue weighted by molar-refractivity contribution is -0.139. The van der Waals surface area contributed by atoms with Crippen LogP contribution in [0.25, 0.3) is 0 Å². The first-order chi connectivity index (χ1) is 15.5. The summed E-state index contributed by atoms with van der Waals surface area (Å²) in [6.45, 7) is 2.40. The first kappa shape index (κ1) is 26.2. The van der Waals surface area contributed by atoms with Crippen molar-refractivity contribution in [2.75, 3.05) is 31.5 Å². The van der Waals surface area contributed by atoms with Crippen molar-refractivity contribution in [2.45, 2.75) is 26.4 Å². The molecule has 2 aromatic carbocycles. The van der Waals surface area contributed by atoms with E-state index in [9.17, 15) is 26.8 Å². The minimum Gasteiger partial charge on any atom is -0.355 e. The predicted octanol–water partition coefficient (Wildman–Crippen LogP) is 2.13. The maximum Gasteiger partial charge on any atom is 0.304 e. The van der Waals surface area contributed by atoms with E-state index in [2.05, 4.69) is 5.32 Å². The number of nitrogens with one attached hydrogen (secondary N) is 1. The Labute approximate surface area is 193 Å². The molecule has 1 unspecified atom stereocenters. The Bertz CT molecular complexity index is 1100. The third kappa shape index (κ3) is 6.26. The van der Waals surface area contributed by atoms with Crippen LogP contribution in [0.15, 0.2) is 48.5 Å². The normalized spacial score (nSPS) is 12.3. The summed E-state index contributed by atoms with van der Waals surface area (Å²) in [5.41, 5.74) is -0.175. The number of hydrogen-bond acceptors (Lipinski definition) is 4. The van der Waals surface area contributed by atoms with Crippen molar-refractivity contribution in [1.29, 1.82) is 0 Å². The van der Waals surface area contributed by atoms with Gasteiger partial charge in [-0.25, -0.2) is 13.1 Å². The van der Waals surface area contributed by atoms with Crippen LogP contribution in [0.1, 0.15) is 19.4 Å². The summed E-state index contributed by atoms with van der Waals surface area (Å²) in [5, 5.41) is 2.60. The number of carbonyl (C=O) groups is 2. The van der Waals surface area contributed by atoms with Crippen LogP contribution in [0.2, 0.25) is 0 Å². The van der Waals surface area contributed by atoms with Gasteiger partial charge in [0.2, 0.25) is 11.8 Å². The number of anilines is 1. The topological polar surface area (TPSA) is 90.0 Å². The van der Waals surface area contributed by atoms with Crippen molar-refractivity contribution in [3.8, 4) is 0 Å². The summed E-state index contributed by atoms with van der Waals surface area (Å²) in [6.07, 6.45) is 0. The maximum atomic E-state index is 14.5. The number of para-hydroxylation sites is 1. The molecule has 0 fully saturated rings. The standard InChI is InChI=1S/C22H28F2N4O4S/c1-5-25-22(30)16(2)27(14-17-10-6-7-11-18(17)23)21(29)15-28(33(31,32)26(3)4)20-13-9-8-12-19(20)24/h6-13,16H,5,14-15H2,1-4H3,(H,25,30). The molecule has 0 saturated carbocycles. The largest absolute Gasteiger partial charge is 0.355 e. The zero-order valence-electron chi connectivity index (χ0n) is 19.0. The summed E-state index contributed by atoms with van der Waals surface area (Å²) in [7, 11) is -1.77. The molecule has 0 radical (unpaired) electrons. The molecule has 0 heterocycles. The van der Waals surface area contributed by atoms with Crippen LogP contribution in [0.4, 0.5) is 14.5 Å². The van der Waals surface area contributed by atoms with Crippen LogP contribution in [0.3, 0.4) is 0 Å². The molecule has 2 rings (SSSR count). The second kappa shape index (κ2) is 11.2. The van der Waals surface area contributed by atoms with Crippen LogP contribution in [-0.4, -0.2) is 62.7 Å². The molecular formula is C22H28F2N4O4S. The molecule has 0 saturated heterocycles. The van der Waals surface area contributed by atoms with E-state index >= 15 is 0 Å². The molecule has 1 N–H and O–H groups in total. The van der Waals surface area contributed by atoms with E-state index in [1.807, 2.05) is 0 Å². The number of hydrogen-bond donors (Lipinski definition) is 1. The minimum absolute atomic E-state index is 0.148. The van der Waals surface area contributed by atoms with E-state index < -0.39 is 46.2 Å². The molecule has 1 atom stereocenters. The maximum absolute atomic E-state index is 14.5. The lowest BCUT2D eigenvalue weighted by Gasteiger charge is -2.32. The van der Waals surface area contributed by atoms with E-state index in [1.54, 1.807) is 13.0 Å². The van der Waals surface area contributed by atoms with Gasteiger partial charge in [0.25, 0.3) is 0 Å². The van der Waals surface area contributed by atoms with Gasteiger partial charge in [-0.3, -0.25) is 9.59 Å². The number of benzene rings is 2. The van der Waals surface area contributed by atoms with Crippen molar-refractivity contribution in [1.82, 2.24) is 14.5 Å². The van der Waals surface area contributed by atoms with Crippen molar-refractivity contribution >= 4 is 27.7 Å². The summed E-state index contributed by atoms with van der Waals surface area (Å²) < 4.78 is 56.2. The SMILES string of the molecule is CCNC(=O)C(C)N(Cc1ccccc1F)C(=O)CN(c1ccccc1F)S(=O)(=O)N(C)C. The first-order valence-electron chi connectivity index (χ1n) is 10.3. The minimum atomic E-state index is -4.28. The lowest BCUT2D eigenvalue weighted by Crippen LogP contribution is -2.52. The van der Waals surface area contributed by atoms with E-state index in [4.69, 9.17) is 0 Å². The quantitative estimate of drug-likeness (QED) is 0.562. The van der Waals surface area contributed by atoms with Crippen molar-refractivity contribution in [3.63, 3.8) is 0 Å². The smallest absolute Gasteiger partial charge is 0.304 e. The number of rotatable bonds is 10. The van der Waals surface area contributed by atoms with Gasteiger partial charge in [0, 0.05) is 32.7 Å². The molecule has 0 spiro atoms. The van der Waals surface area contributed by atoms with Gasteiger partial charge in [0.1, 0.15) is 24.2 Å². The molecule has 2 amide bonds. The number of nitrogens with zero attached hydrogens (tertiary/aromatic N) is 3. The third-order valence-corrected chi connectivity index (χ3v) is 6.76. The molecule has 0 bridgehead atoms. The predicted molar refractivity (Wildman–Crippen MR) is 121 cm³/mol. The average Bonchev–Trinajstić information content (AvgIpc) is 2.76. The highest BCUT2D eigenvalue weighted by Crippen LogP contribution is 2.24. The molecule has 8 nitrogen and oxygen atoms in total. The summed E-state index contributed by atoms with van der Waals surface area (Å²) in [5.74, 6) is -2.71. The van der Waals surface area contributed by atoms with Crippen LogP contribution in [0, 0.1) is 11.6 Å². The molecule has 0 aliphatic heterocycles. The first-order valence-corrected chi connectivity index (χ1v) is 11.7. The Kier molecular flexibility index (Phi) is 8.89. The zero-order chi connectivity index (χ0) is 24.8. The van der Waals surface area contributed by atoms with E-state index in [1.165, 1.54) is 57.4 Å². The van der Waals surface area contributed by atoms with Gasteiger partial charge in [-0.2, -0.15) is 12.7 Å². The molecule has 0 aliphatic carbocycles. The van der Waals surface area contributed by atoms with Crippen LogP contribution in [0.5, 0.6) is 0 Å². The van der Waals surface area contributed by atoms with Gasteiger partial charge < -0.3 is 10.2 Å². The molecular weight excluding hydrogens is 454 g/mol. The van der Waals surface area contributed by atoms with Crippen LogP contribution < -0.4 is 9.62 Å².